The fraction of sp³-hybridized carbons (Fsp3) is 0.0476. The SMILES string of the molecule is c1ccc(-n2c3[n+](c4c2cc2ncccn24)Cc2ccccc2-3)cc1. The number of para-hydroxylation sites is 1. The summed E-state index contributed by atoms with van der Waals surface area (Å²) in [6.45, 7) is 0.892. The summed E-state index contributed by atoms with van der Waals surface area (Å²) in [6.07, 6.45) is 3.94. The quantitative estimate of drug-likeness (QED) is 0.425. The lowest BCUT2D eigenvalue weighted by Crippen LogP contribution is -2.32. The van der Waals surface area contributed by atoms with Crippen LogP contribution < -0.4 is 4.57 Å². The van der Waals surface area contributed by atoms with Crippen LogP contribution >= 0.6 is 0 Å². The molecular formula is C21H15N4+. The second kappa shape index (κ2) is 4.57. The zero-order valence-corrected chi connectivity index (χ0v) is 13.5. The van der Waals surface area contributed by atoms with Crippen molar-refractivity contribution in [2.24, 2.45) is 0 Å². The number of aromatic nitrogens is 4. The van der Waals surface area contributed by atoms with E-state index in [0.29, 0.717) is 0 Å². The summed E-state index contributed by atoms with van der Waals surface area (Å²) in [5.41, 5.74) is 7.20. The first kappa shape index (κ1) is 13.0. The fourth-order valence-electron chi connectivity index (χ4n) is 4.05. The molecule has 0 radical (unpaired) electrons. The van der Waals surface area contributed by atoms with Crippen LogP contribution in [0.3, 0.4) is 0 Å². The number of benzene rings is 2. The van der Waals surface area contributed by atoms with Gasteiger partial charge in [-0.1, -0.05) is 36.4 Å². The molecule has 4 heteroatoms. The van der Waals surface area contributed by atoms with Gasteiger partial charge < -0.3 is 0 Å². The average molecular weight is 323 g/mol. The Hall–Kier alpha value is -3.40. The minimum atomic E-state index is 0.892. The first-order valence-corrected chi connectivity index (χ1v) is 8.46. The molecule has 0 saturated carbocycles. The summed E-state index contributed by atoms with van der Waals surface area (Å²) in [6, 6.07) is 23.4. The molecule has 3 aromatic heterocycles. The number of fused-ring (bicyclic) bond motifs is 7. The Balaban J connectivity index is 1.83. The minimum absolute atomic E-state index is 0.892. The highest BCUT2D eigenvalue weighted by molar-refractivity contribution is 5.84. The van der Waals surface area contributed by atoms with E-state index in [0.717, 1.165) is 12.2 Å². The monoisotopic (exact) mass is 323 g/mol. The second-order valence-electron chi connectivity index (χ2n) is 6.44. The summed E-state index contributed by atoms with van der Waals surface area (Å²) < 4.78 is 6.95. The van der Waals surface area contributed by atoms with E-state index in [9.17, 15) is 0 Å². The zero-order chi connectivity index (χ0) is 16.4. The molecule has 25 heavy (non-hydrogen) atoms. The van der Waals surface area contributed by atoms with Crippen molar-refractivity contribution in [3.05, 3.63) is 84.7 Å². The molecule has 4 heterocycles. The van der Waals surface area contributed by atoms with Crippen LogP contribution in [0.4, 0.5) is 0 Å². The van der Waals surface area contributed by atoms with Gasteiger partial charge in [0.15, 0.2) is 11.2 Å². The van der Waals surface area contributed by atoms with Crippen LogP contribution in [0.25, 0.3) is 33.9 Å². The third-order valence-electron chi connectivity index (χ3n) is 5.06. The van der Waals surface area contributed by atoms with Gasteiger partial charge in [-0.2, -0.15) is 0 Å². The molecule has 0 amide bonds. The Morgan fingerprint density at radius 2 is 1.76 bits per heavy atom. The maximum atomic E-state index is 4.54. The minimum Gasteiger partial charge on any atom is -0.224 e. The van der Waals surface area contributed by atoms with E-state index in [-0.39, 0.29) is 0 Å². The van der Waals surface area contributed by atoms with Gasteiger partial charge in [0.05, 0.1) is 18.3 Å². The molecule has 118 valence electrons. The molecule has 1 aliphatic rings. The van der Waals surface area contributed by atoms with Crippen molar-refractivity contribution in [2.75, 3.05) is 0 Å². The molecule has 0 aliphatic carbocycles. The molecule has 0 saturated heterocycles. The highest BCUT2D eigenvalue weighted by Gasteiger charge is 2.34. The summed E-state index contributed by atoms with van der Waals surface area (Å²) in [5.74, 6) is 1.24. The van der Waals surface area contributed by atoms with E-state index in [1.165, 1.54) is 33.8 Å². The maximum Gasteiger partial charge on any atom is 0.275 e. The third-order valence-corrected chi connectivity index (χ3v) is 5.06. The van der Waals surface area contributed by atoms with Gasteiger partial charge in [0.1, 0.15) is 5.69 Å². The van der Waals surface area contributed by atoms with Crippen molar-refractivity contribution >= 4 is 16.8 Å². The Labute approximate surface area is 144 Å². The van der Waals surface area contributed by atoms with Crippen LogP contribution in [0.1, 0.15) is 5.56 Å². The number of imidazole rings is 1. The summed E-state index contributed by atoms with van der Waals surface area (Å²) in [7, 11) is 0. The lowest BCUT2D eigenvalue weighted by atomic mass is 10.1. The molecule has 0 spiro atoms. The van der Waals surface area contributed by atoms with Crippen molar-refractivity contribution in [1.82, 2.24) is 14.0 Å². The van der Waals surface area contributed by atoms with Crippen LogP contribution in [0.2, 0.25) is 0 Å². The molecule has 0 bridgehead atoms. The van der Waals surface area contributed by atoms with E-state index < -0.39 is 0 Å². The summed E-state index contributed by atoms with van der Waals surface area (Å²) >= 11 is 0. The molecule has 0 unspecified atom stereocenters. The first-order valence-electron chi connectivity index (χ1n) is 8.46. The van der Waals surface area contributed by atoms with E-state index >= 15 is 0 Å². The number of hydrogen-bond acceptors (Lipinski definition) is 1. The van der Waals surface area contributed by atoms with E-state index in [1.54, 1.807) is 0 Å². The van der Waals surface area contributed by atoms with Crippen LogP contribution in [0.15, 0.2) is 79.1 Å². The molecule has 5 aromatic rings. The highest BCUT2D eigenvalue weighted by Crippen LogP contribution is 2.34. The molecule has 0 fully saturated rings. The Bertz CT molecular complexity index is 1260. The van der Waals surface area contributed by atoms with Crippen molar-refractivity contribution < 1.29 is 4.57 Å². The normalized spacial score (nSPS) is 12.6. The lowest BCUT2D eigenvalue weighted by Gasteiger charge is -2.03. The van der Waals surface area contributed by atoms with E-state index in [4.69, 9.17) is 0 Å². The largest absolute Gasteiger partial charge is 0.275 e. The number of rotatable bonds is 1. The van der Waals surface area contributed by atoms with Crippen LogP contribution in [-0.2, 0) is 6.54 Å². The third kappa shape index (κ3) is 1.61. The molecule has 0 atom stereocenters. The first-order chi connectivity index (χ1) is 12.4. The topological polar surface area (TPSA) is 26.1 Å². The predicted molar refractivity (Wildman–Crippen MR) is 96.8 cm³/mol. The Kier molecular flexibility index (Phi) is 2.37. The highest BCUT2D eigenvalue weighted by atomic mass is 15.2. The fourth-order valence-corrected chi connectivity index (χ4v) is 4.05. The standard InChI is InChI=1S/C21H15N4/c1-2-8-16(9-3-1)25-18-13-19-22-11-6-12-23(19)21(18)24-14-15-7-4-5-10-17(15)20(24)25/h1-13H,14H2/q+1. The van der Waals surface area contributed by atoms with Crippen molar-refractivity contribution in [1.29, 1.82) is 0 Å². The summed E-state index contributed by atoms with van der Waals surface area (Å²) in [4.78, 5) is 4.54. The molecule has 0 N–H and O–H groups in total. The van der Waals surface area contributed by atoms with Gasteiger partial charge in [0, 0.05) is 17.8 Å². The van der Waals surface area contributed by atoms with Gasteiger partial charge in [-0.25, -0.2) is 18.5 Å². The van der Waals surface area contributed by atoms with Crippen molar-refractivity contribution in [3.63, 3.8) is 0 Å². The second-order valence-corrected chi connectivity index (χ2v) is 6.44. The lowest BCUT2D eigenvalue weighted by molar-refractivity contribution is -0.648. The van der Waals surface area contributed by atoms with Gasteiger partial charge in [-0.3, -0.25) is 0 Å². The van der Waals surface area contributed by atoms with Gasteiger partial charge in [0.2, 0.25) is 5.82 Å². The van der Waals surface area contributed by atoms with E-state index in [1.807, 2.05) is 12.3 Å². The maximum absolute atomic E-state index is 4.54. The van der Waals surface area contributed by atoms with Crippen LogP contribution in [0.5, 0.6) is 0 Å². The number of nitrogens with zero attached hydrogens (tertiary/aromatic N) is 4. The molecule has 2 aromatic carbocycles. The molecule has 6 rings (SSSR count). The van der Waals surface area contributed by atoms with Crippen molar-refractivity contribution in [2.45, 2.75) is 6.54 Å². The Morgan fingerprint density at radius 1 is 0.920 bits per heavy atom. The van der Waals surface area contributed by atoms with Gasteiger partial charge in [-0.05, 0) is 24.3 Å². The van der Waals surface area contributed by atoms with Gasteiger partial charge >= 0.3 is 0 Å². The van der Waals surface area contributed by atoms with E-state index in [2.05, 4.69) is 85.4 Å². The molecular weight excluding hydrogens is 308 g/mol. The van der Waals surface area contributed by atoms with Crippen LogP contribution in [0, 0.1) is 0 Å². The molecule has 4 nitrogen and oxygen atoms in total. The Morgan fingerprint density at radius 3 is 2.68 bits per heavy atom. The van der Waals surface area contributed by atoms with Gasteiger partial charge in [0.25, 0.3) is 5.65 Å². The van der Waals surface area contributed by atoms with Gasteiger partial charge in [-0.15, -0.1) is 0 Å². The average Bonchev–Trinajstić information content (AvgIpc) is 3.29. The predicted octanol–water partition coefficient (Wildman–Crippen LogP) is 3.59. The number of hydrogen-bond donors (Lipinski definition) is 0. The van der Waals surface area contributed by atoms with Crippen LogP contribution in [-0.4, -0.2) is 14.0 Å². The summed E-state index contributed by atoms with van der Waals surface area (Å²) in [5, 5.41) is 0. The smallest absolute Gasteiger partial charge is 0.224 e. The zero-order valence-electron chi connectivity index (χ0n) is 13.5. The molecule has 1 aliphatic heterocycles. The van der Waals surface area contributed by atoms with Crippen molar-refractivity contribution in [3.8, 4) is 17.1 Å².